The van der Waals surface area contributed by atoms with Crippen LogP contribution in [0.15, 0.2) is 12.2 Å². The van der Waals surface area contributed by atoms with Crippen LogP contribution in [-0.2, 0) is 4.74 Å². The molecular weight excluding hydrogens is 188 g/mol. The van der Waals surface area contributed by atoms with Gasteiger partial charge in [0.15, 0.2) is 0 Å². The Hall–Kier alpha value is -0.380. The Kier molecular flexibility index (Phi) is 5.29. The molecule has 0 saturated heterocycles. The predicted octanol–water partition coefficient (Wildman–Crippen LogP) is 1.25. The van der Waals surface area contributed by atoms with Crippen molar-refractivity contribution in [1.29, 1.82) is 0 Å². The van der Waals surface area contributed by atoms with Crippen LogP contribution in [0.3, 0.4) is 0 Å². The lowest BCUT2D eigenvalue weighted by Crippen LogP contribution is -2.37. The Morgan fingerprint density at radius 2 is 2.20 bits per heavy atom. The molecule has 0 fully saturated rings. The molecule has 2 N–H and O–H groups in total. The van der Waals surface area contributed by atoms with E-state index >= 15 is 0 Å². The highest BCUT2D eigenvalue weighted by Gasteiger charge is 2.19. The molecule has 0 aliphatic heterocycles. The van der Waals surface area contributed by atoms with E-state index in [1.54, 1.807) is 7.11 Å². The highest BCUT2D eigenvalue weighted by Crippen LogP contribution is 2.18. The fraction of sp³-hybridized carbons (Fsp3) is 0.833. The third-order valence-corrected chi connectivity index (χ3v) is 2.99. The molecule has 2 unspecified atom stereocenters. The van der Waals surface area contributed by atoms with E-state index in [1.807, 2.05) is 0 Å². The van der Waals surface area contributed by atoms with Gasteiger partial charge in [-0.3, -0.25) is 4.90 Å². The van der Waals surface area contributed by atoms with Crippen LogP contribution in [0.1, 0.15) is 20.3 Å². The minimum absolute atomic E-state index is 0.270. The van der Waals surface area contributed by atoms with Crippen LogP contribution in [0.25, 0.3) is 0 Å². The van der Waals surface area contributed by atoms with Gasteiger partial charge in [0.05, 0.1) is 6.61 Å². The molecule has 88 valence electrons. The molecule has 15 heavy (non-hydrogen) atoms. The number of nitrogens with two attached hydrogens (primary N) is 1. The number of rotatable bonds is 6. The summed E-state index contributed by atoms with van der Waals surface area (Å²) >= 11 is 0. The molecule has 0 aromatic heterocycles. The first-order valence-electron chi connectivity index (χ1n) is 5.80. The number of hydrogen-bond acceptors (Lipinski definition) is 3. The van der Waals surface area contributed by atoms with Gasteiger partial charge in [-0.1, -0.05) is 12.2 Å². The molecule has 0 heterocycles. The summed E-state index contributed by atoms with van der Waals surface area (Å²) in [5, 5.41) is 0. The van der Waals surface area contributed by atoms with Crippen LogP contribution >= 0.6 is 0 Å². The Labute approximate surface area is 93.3 Å². The minimum atomic E-state index is 0.270. The van der Waals surface area contributed by atoms with E-state index < -0.39 is 0 Å². The van der Waals surface area contributed by atoms with Crippen molar-refractivity contribution < 1.29 is 4.74 Å². The Morgan fingerprint density at radius 1 is 1.47 bits per heavy atom. The number of nitrogens with zero attached hydrogens (tertiary/aromatic N) is 1. The molecule has 1 aliphatic carbocycles. The summed E-state index contributed by atoms with van der Waals surface area (Å²) in [5.41, 5.74) is 5.85. The third-order valence-electron chi connectivity index (χ3n) is 2.99. The summed E-state index contributed by atoms with van der Waals surface area (Å²) in [6.45, 7) is 7.38. The van der Waals surface area contributed by atoms with Crippen LogP contribution in [0.2, 0.25) is 0 Å². The molecule has 0 aromatic rings. The van der Waals surface area contributed by atoms with Crippen molar-refractivity contribution in [1.82, 2.24) is 4.90 Å². The second-order valence-corrected chi connectivity index (χ2v) is 4.63. The lowest BCUT2D eigenvalue weighted by Gasteiger charge is -2.28. The van der Waals surface area contributed by atoms with Crippen molar-refractivity contribution in [3.05, 3.63) is 12.2 Å². The van der Waals surface area contributed by atoms with E-state index in [9.17, 15) is 0 Å². The maximum atomic E-state index is 5.85. The summed E-state index contributed by atoms with van der Waals surface area (Å²) < 4.78 is 5.12. The molecule has 0 amide bonds. The summed E-state index contributed by atoms with van der Waals surface area (Å²) in [5.74, 6) is 0.624. The Balaban J connectivity index is 2.34. The van der Waals surface area contributed by atoms with Crippen molar-refractivity contribution in [2.24, 2.45) is 11.7 Å². The molecule has 0 bridgehead atoms. The highest BCUT2D eigenvalue weighted by atomic mass is 16.5. The van der Waals surface area contributed by atoms with E-state index in [4.69, 9.17) is 10.5 Å². The van der Waals surface area contributed by atoms with Crippen molar-refractivity contribution in [2.75, 3.05) is 26.8 Å². The van der Waals surface area contributed by atoms with Crippen molar-refractivity contribution in [2.45, 2.75) is 32.4 Å². The molecule has 1 aliphatic rings. The Morgan fingerprint density at radius 3 is 2.67 bits per heavy atom. The molecule has 2 atom stereocenters. The number of methoxy groups -OCH3 is 1. The van der Waals surface area contributed by atoms with Gasteiger partial charge in [0.25, 0.3) is 0 Å². The zero-order valence-corrected chi connectivity index (χ0v) is 10.1. The largest absolute Gasteiger partial charge is 0.383 e. The highest BCUT2D eigenvalue weighted by molar-refractivity contribution is 5.05. The monoisotopic (exact) mass is 212 g/mol. The fourth-order valence-electron chi connectivity index (χ4n) is 2.01. The van der Waals surface area contributed by atoms with Gasteiger partial charge < -0.3 is 10.5 Å². The molecule has 3 nitrogen and oxygen atoms in total. The van der Waals surface area contributed by atoms with Crippen molar-refractivity contribution in [3.8, 4) is 0 Å². The van der Waals surface area contributed by atoms with Gasteiger partial charge in [0.1, 0.15) is 0 Å². The molecule has 0 radical (unpaired) electrons. The van der Waals surface area contributed by atoms with E-state index in [1.165, 1.54) is 0 Å². The lowest BCUT2D eigenvalue weighted by atomic mass is 10.1. The van der Waals surface area contributed by atoms with Gasteiger partial charge in [0.2, 0.25) is 0 Å². The summed E-state index contributed by atoms with van der Waals surface area (Å²) in [4.78, 5) is 2.45. The fourth-order valence-corrected chi connectivity index (χ4v) is 2.01. The third kappa shape index (κ3) is 4.33. The molecule has 0 aromatic carbocycles. The van der Waals surface area contributed by atoms with Crippen LogP contribution < -0.4 is 5.73 Å². The van der Waals surface area contributed by atoms with Crippen LogP contribution in [0, 0.1) is 5.92 Å². The first kappa shape index (κ1) is 12.7. The molecule has 0 saturated carbocycles. The average molecular weight is 212 g/mol. The molecule has 3 heteroatoms. The van der Waals surface area contributed by atoms with Crippen LogP contribution in [0.5, 0.6) is 0 Å². The maximum absolute atomic E-state index is 5.85. The van der Waals surface area contributed by atoms with Crippen LogP contribution in [0.4, 0.5) is 0 Å². The first-order chi connectivity index (χ1) is 7.13. The van der Waals surface area contributed by atoms with Crippen LogP contribution in [-0.4, -0.2) is 43.8 Å². The number of hydrogen-bond donors (Lipinski definition) is 1. The number of ether oxygens (including phenoxy) is 1. The predicted molar refractivity (Wildman–Crippen MR) is 63.8 cm³/mol. The van der Waals surface area contributed by atoms with Gasteiger partial charge in [-0.05, 0) is 26.2 Å². The normalized spacial score (nSPS) is 25.7. The molecular formula is C12H24N2O. The van der Waals surface area contributed by atoms with Gasteiger partial charge in [-0.25, -0.2) is 0 Å². The second-order valence-electron chi connectivity index (χ2n) is 4.63. The van der Waals surface area contributed by atoms with Gasteiger partial charge in [-0.2, -0.15) is 0 Å². The molecule has 0 spiro atoms. The summed E-state index contributed by atoms with van der Waals surface area (Å²) in [7, 11) is 1.75. The van der Waals surface area contributed by atoms with Gasteiger partial charge in [0, 0.05) is 32.3 Å². The van der Waals surface area contributed by atoms with Crippen molar-refractivity contribution >= 4 is 0 Å². The second kappa shape index (κ2) is 6.26. The lowest BCUT2D eigenvalue weighted by molar-refractivity contribution is 0.121. The quantitative estimate of drug-likeness (QED) is 0.673. The van der Waals surface area contributed by atoms with Gasteiger partial charge in [-0.15, -0.1) is 0 Å². The maximum Gasteiger partial charge on any atom is 0.0589 e. The standard InChI is InChI=1S/C12H24N2O/c1-10(2)14(6-7-15-3)9-11-4-5-12(13)8-11/h4-5,10-12H,6-9,13H2,1-3H3. The topological polar surface area (TPSA) is 38.5 Å². The smallest absolute Gasteiger partial charge is 0.0589 e. The average Bonchev–Trinajstić information content (AvgIpc) is 2.58. The minimum Gasteiger partial charge on any atom is -0.383 e. The first-order valence-corrected chi connectivity index (χ1v) is 5.80. The zero-order valence-electron chi connectivity index (χ0n) is 10.1. The van der Waals surface area contributed by atoms with E-state index in [-0.39, 0.29) is 6.04 Å². The van der Waals surface area contributed by atoms with Crippen molar-refractivity contribution in [3.63, 3.8) is 0 Å². The Bertz CT molecular complexity index is 204. The van der Waals surface area contributed by atoms with E-state index in [0.29, 0.717) is 12.0 Å². The van der Waals surface area contributed by atoms with Gasteiger partial charge >= 0.3 is 0 Å². The SMILES string of the molecule is COCCN(CC1C=CC(N)C1)C(C)C. The van der Waals surface area contributed by atoms with E-state index in [2.05, 4.69) is 30.9 Å². The molecule has 1 rings (SSSR count). The zero-order chi connectivity index (χ0) is 11.3. The summed E-state index contributed by atoms with van der Waals surface area (Å²) in [6, 6.07) is 0.844. The van der Waals surface area contributed by atoms with E-state index in [0.717, 1.165) is 26.1 Å². The summed E-state index contributed by atoms with van der Waals surface area (Å²) in [6.07, 6.45) is 5.47.